The summed E-state index contributed by atoms with van der Waals surface area (Å²) in [6.45, 7) is 1.08. The molecule has 0 aliphatic carbocycles. The quantitative estimate of drug-likeness (QED) is 0.500. The number of piperidine rings is 1. The maximum Gasteiger partial charge on any atom is 0.254 e. The molecule has 36 heavy (non-hydrogen) atoms. The second-order valence-corrected chi connectivity index (χ2v) is 9.78. The molecule has 3 amide bonds. The summed E-state index contributed by atoms with van der Waals surface area (Å²) in [6, 6.07) is 21.5. The summed E-state index contributed by atoms with van der Waals surface area (Å²) in [5.74, 6) is -0.226. The monoisotopic (exact) mass is 501 g/mol. The molecule has 3 aromatic rings. The van der Waals surface area contributed by atoms with E-state index in [1.807, 2.05) is 48.5 Å². The Morgan fingerprint density at radius 3 is 2.31 bits per heavy atom. The van der Waals surface area contributed by atoms with Crippen LogP contribution in [0.15, 0.2) is 72.8 Å². The lowest BCUT2D eigenvalue weighted by atomic mass is 9.92. The number of benzene rings is 3. The highest BCUT2D eigenvalue weighted by Gasteiger charge is 2.37. The summed E-state index contributed by atoms with van der Waals surface area (Å²) >= 11 is 6.02. The van der Waals surface area contributed by atoms with Gasteiger partial charge in [0.05, 0.1) is 0 Å². The second-order valence-electron chi connectivity index (χ2n) is 9.34. The summed E-state index contributed by atoms with van der Waals surface area (Å²) in [7, 11) is 1.73. The molecule has 7 heteroatoms. The van der Waals surface area contributed by atoms with E-state index in [-0.39, 0.29) is 17.7 Å². The summed E-state index contributed by atoms with van der Waals surface area (Å²) in [4.78, 5) is 44.7. The molecule has 1 atom stereocenters. The average molecular weight is 502 g/mol. The third-order valence-corrected chi connectivity index (χ3v) is 7.34. The normalized spacial score (nSPS) is 17.5. The lowest BCUT2D eigenvalue weighted by Gasteiger charge is -2.38. The number of likely N-dealkylation sites (N-methyl/N-ethyl adjacent to an activating group) is 1. The Balaban J connectivity index is 1.40. The zero-order valence-corrected chi connectivity index (χ0v) is 20.9. The number of anilines is 2. The summed E-state index contributed by atoms with van der Waals surface area (Å²) < 4.78 is 0. The van der Waals surface area contributed by atoms with Crippen LogP contribution in [0.5, 0.6) is 0 Å². The molecule has 1 fully saturated rings. The summed E-state index contributed by atoms with van der Waals surface area (Å²) in [5.41, 5.74) is 4.17. The van der Waals surface area contributed by atoms with E-state index in [1.165, 1.54) is 0 Å². The predicted molar refractivity (Wildman–Crippen MR) is 141 cm³/mol. The van der Waals surface area contributed by atoms with Crippen LogP contribution in [0.4, 0.5) is 11.4 Å². The molecule has 0 N–H and O–H groups in total. The maximum atomic E-state index is 13.8. The first kappa shape index (κ1) is 24.1. The van der Waals surface area contributed by atoms with Crippen molar-refractivity contribution in [2.75, 3.05) is 23.4 Å². The van der Waals surface area contributed by atoms with Gasteiger partial charge in [0.15, 0.2) is 0 Å². The van der Waals surface area contributed by atoms with Crippen molar-refractivity contribution in [3.8, 4) is 0 Å². The van der Waals surface area contributed by atoms with Gasteiger partial charge in [0.1, 0.15) is 6.04 Å². The Morgan fingerprint density at radius 1 is 0.917 bits per heavy atom. The number of amides is 3. The Kier molecular flexibility index (Phi) is 6.79. The van der Waals surface area contributed by atoms with Crippen LogP contribution in [0.3, 0.4) is 0 Å². The first-order valence-electron chi connectivity index (χ1n) is 12.2. The molecule has 0 spiro atoms. The summed E-state index contributed by atoms with van der Waals surface area (Å²) in [5, 5.41) is 0.553. The van der Waals surface area contributed by atoms with E-state index in [9.17, 15) is 14.4 Å². The Labute approximate surface area is 216 Å². The largest absolute Gasteiger partial charge is 0.322 e. The van der Waals surface area contributed by atoms with Gasteiger partial charge in [-0.05, 0) is 72.5 Å². The standard InChI is InChI=1S/C29H28ClN3O3/c1-31(24-13-15-25(16-14-24)32-17-5-4-8-27(32)34)29(36)26-18-21-6-2-3-7-22(21)19-33(26)28(35)20-9-11-23(30)12-10-20/h2-3,6-7,9-16,26H,4-5,8,17-19H2,1H3/t26-/m0/s1. The van der Waals surface area contributed by atoms with Crippen LogP contribution in [-0.2, 0) is 22.6 Å². The highest BCUT2D eigenvalue weighted by Crippen LogP contribution is 2.29. The van der Waals surface area contributed by atoms with Gasteiger partial charge in [0.2, 0.25) is 11.8 Å². The van der Waals surface area contributed by atoms with E-state index in [1.54, 1.807) is 46.0 Å². The zero-order chi connectivity index (χ0) is 25.2. The molecule has 2 aliphatic heterocycles. The second kappa shape index (κ2) is 10.2. The van der Waals surface area contributed by atoms with Crippen molar-refractivity contribution in [3.63, 3.8) is 0 Å². The van der Waals surface area contributed by atoms with Gasteiger partial charge in [-0.3, -0.25) is 14.4 Å². The van der Waals surface area contributed by atoms with E-state index in [0.29, 0.717) is 35.7 Å². The van der Waals surface area contributed by atoms with Crippen LogP contribution >= 0.6 is 11.6 Å². The van der Waals surface area contributed by atoms with E-state index >= 15 is 0 Å². The molecule has 0 aromatic heterocycles. The Morgan fingerprint density at radius 2 is 1.61 bits per heavy atom. The smallest absolute Gasteiger partial charge is 0.254 e. The molecular formula is C29H28ClN3O3. The molecule has 0 unspecified atom stereocenters. The predicted octanol–water partition coefficient (Wildman–Crippen LogP) is 5.09. The molecule has 0 radical (unpaired) electrons. The minimum Gasteiger partial charge on any atom is -0.322 e. The number of carbonyl (C=O) groups is 3. The minimum absolute atomic E-state index is 0.135. The number of carbonyl (C=O) groups excluding carboxylic acids is 3. The molecule has 5 rings (SSSR count). The molecule has 2 heterocycles. The fraction of sp³-hybridized carbons (Fsp3) is 0.276. The van der Waals surface area contributed by atoms with Crippen molar-refractivity contribution in [2.24, 2.45) is 0 Å². The molecule has 2 aliphatic rings. The van der Waals surface area contributed by atoms with Crippen LogP contribution < -0.4 is 9.80 Å². The van der Waals surface area contributed by atoms with Crippen LogP contribution in [0, 0.1) is 0 Å². The van der Waals surface area contributed by atoms with Gasteiger partial charge in [-0.2, -0.15) is 0 Å². The lowest BCUT2D eigenvalue weighted by Crippen LogP contribution is -2.53. The van der Waals surface area contributed by atoms with Gasteiger partial charge in [0, 0.05) is 54.9 Å². The van der Waals surface area contributed by atoms with Gasteiger partial charge in [-0.1, -0.05) is 35.9 Å². The van der Waals surface area contributed by atoms with Gasteiger partial charge in [-0.15, -0.1) is 0 Å². The lowest BCUT2D eigenvalue weighted by molar-refractivity contribution is -0.123. The fourth-order valence-electron chi connectivity index (χ4n) is 5.00. The number of rotatable bonds is 4. The molecule has 184 valence electrons. The molecule has 6 nitrogen and oxygen atoms in total. The van der Waals surface area contributed by atoms with E-state index in [0.717, 1.165) is 36.2 Å². The van der Waals surface area contributed by atoms with Crippen LogP contribution in [0.2, 0.25) is 5.02 Å². The number of halogens is 1. The van der Waals surface area contributed by atoms with E-state index in [2.05, 4.69) is 0 Å². The van der Waals surface area contributed by atoms with Crippen molar-refractivity contribution in [1.82, 2.24) is 4.90 Å². The molecule has 0 saturated carbocycles. The Hall–Kier alpha value is -3.64. The molecule has 1 saturated heterocycles. The SMILES string of the molecule is CN(C(=O)[C@@H]1Cc2ccccc2CN1C(=O)c1ccc(Cl)cc1)c1ccc(N2CCCCC2=O)cc1. The third kappa shape index (κ3) is 4.73. The average Bonchev–Trinajstić information content (AvgIpc) is 2.92. The van der Waals surface area contributed by atoms with Gasteiger partial charge < -0.3 is 14.7 Å². The van der Waals surface area contributed by atoms with E-state index < -0.39 is 6.04 Å². The first-order chi connectivity index (χ1) is 17.4. The Bertz CT molecular complexity index is 1290. The van der Waals surface area contributed by atoms with Crippen molar-refractivity contribution >= 4 is 40.7 Å². The molecule has 3 aromatic carbocycles. The van der Waals surface area contributed by atoms with Crippen molar-refractivity contribution in [3.05, 3.63) is 94.5 Å². The van der Waals surface area contributed by atoms with Gasteiger partial charge in [-0.25, -0.2) is 0 Å². The van der Waals surface area contributed by atoms with Gasteiger partial charge in [0.25, 0.3) is 5.91 Å². The van der Waals surface area contributed by atoms with E-state index in [4.69, 9.17) is 11.6 Å². The molecular weight excluding hydrogens is 474 g/mol. The van der Waals surface area contributed by atoms with Gasteiger partial charge >= 0.3 is 0 Å². The van der Waals surface area contributed by atoms with Crippen LogP contribution in [0.1, 0.15) is 40.7 Å². The van der Waals surface area contributed by atoms with Crippen molar-refractivity contribution < 1.29 is 14.4 Å². The van der Waals surface area contributed by atoms with Crippen LogP contribution in [0.25, 0.3) is 0 Å². The van der Waals surface area contributed by atoms with Crippen molar-refractivity contribution in [2.45, 2.75) is 38.3 Å². The maximum absolute atomic E-state index is 13.8. The summed E-state index contributed by atoms with van der Waals surface area (Å²) in [6.07, 6.45) is 2.94. The number of hydrogen-bond donors (Lipinski definition) is 0. The number of nitrogens with zero attached hydrogens (tertiary/aromatic N) is 3. The third-order valence-electron chi connectivity index (χ3n) is 7.09. The number of fused-ring (bicyclic) bond motifs is 1. The molecule has 0 bridgehead atoms. The first-order valence-corrected chi connectivity index (χ1v) is 12.6. The number of hydrogen-bond acceptors (Lipinski definition) is 3. The zero-order valence-electron chi connectivity index (χ0n) is 20.2. The topological polar surface area (TPSA) is 60.9 Å². The highest BCUT2D eigenvalue weighted by molar-refractivity contribution is 6.30. The van der Waals surface area contributed by atoms with Crippen molar-refractivity contribution in [1.29, 1.82) is 0 Å². The van der Waals surface area contributed by atoms with Crippen LogP contribution in [-0.4, -0.2) is 42.3 Å². The fourth-order valence-corrected chi connectivity index (χ4v) is 5.13. The minimum atomic E-state index is -0.642. The highest BCUT2D eigenvalue weighted by atomic mass is 35.5.